The molecule has 2 aromatic carbocycles. The van der Waals surface area contributed by atoms with Gasteiger partial charge in [-0.3, -0.25) is 0 Å². The van der Waals surface area contributed by atoms with Crippen molar-refractivity contribution in [3.63, 3.8) is 0 Å². The highest BCUT2D eigenvalue weighted by Crippen LogP contribution is 2.54. The molecule has 1 heterocycles. The number of hydrogen-bond acceptors (Lipinski definition) is 1. The van der Waals surface area contributed by atoms with E-state index in [2.05, 4.69) is 4.74 Å². The van der Waals surface area contributed by atoms with Crippen molar-refractivity contribution in [3.8, 4) is 11.4 Å². The van der Waals surface area contributed by atoms with E-state index in [1.165, 1.54) is 30.9 Å². The van der Waals surface area contributed by atoms with Crippen molar-refractivity contribution in [1.29, 1.82) is 0 Å². The van der Waals surface area contributed by atoms with Gasteiger partial charge in [0.25, 0.3) is 11.9 Å². The Morgan fingerprint density at radius 2 is 1.29 bits per heavy atom. The Kier molecular flexibility index (Phi) is 6.65. The van der Waals surface area contributed by atoms with Gasteiger partial charge in [0.1, 0.15) is 23.8 Å². The second-order valence-electron chi connectivity index (χ2n) is 8.56. The molecule has 0 saturated heterocycles. The van der Waals surface area contributed by atoms with Crippen LogP contribution in [-0.4, -0.2) is 23.5 Å². The molecule has 0 aliphatic heterocycles. The van der Waals surface area contributed by atoms with Crippen LogP contribution in [0.15, 0.2) is 43.0 Å². The molecule has 0 fully saturated rings. The number of aromatic nitrogens is 2. The summed E-state index contributed by atoms with van der Waals surface area (Å²) >= 11 is 0. The highest BCUT2D eigenvalue weighted by atomic mass is 19.4. The highest BCUT2D eigenvalue weighted by molar-refractivity contribution is 5.54. The van der Waals surface area contributed by atoms with Crippen molar-refractivity contribution >= 4 is 0 Å². The van der Waals surface area contributed by atoms with Crippen LogP contribution in [0.2, 0.25) is 0 Å². The third kappa shape index (κ3) is 4.21. The summed E-state index contributed by atoms with van der Waals surface area (Å²) in [6.45, 7) is 9.02. The third-order valence-corrected chi connectivity index (χ3v) is 5.77. The van der Waals surface area contributed by atoms with E-state index in [1.54, 1.807) is 16.8 Å². The number of hydrogen-bond donors (Lipinski definition) is 0. The minimum Gasteiger partial charge on any atom is -0.354 e. The smallest absolute Gasteiger partial charge is 0.354 e. The molecule has 0 aliphatic rings. The van der Waals surface area contributed by atoms with Crippen LogP contribution in [0.5, 0.6) is 0 Å². The number of nitrogens with zero attached hydrogens (tertiary/aromatic N) is 2. The van der Waals surface area contributed by atoms with Gasteiger partial charge in [0.2, 0.25) is 0 Å². The van der Waals surface area contributed by atoms with Gasteiger partial charge in [0, 0.05) is 6.61 Å². The Morgan fingerprint density at radius 1 is 0.794 bits per heavy atom. The molecule has 3 nitrogen and oxygen atoms in total. The van der Waals surface area contributed by atoms with E-state index < -0.39 is 30.1 Å². The number of benzene rings is 2. The first-order valence-electron chi connectivity index (χ1n) is 10.7. The Bertz CT molecular complexity index is 1170. The van der Waals surface area contributed by atoms with Gasteiger partial charge >= 0.3 is 12.4 Å². The zero-order chi connectivity index (χ0) is 25.6. The first-order chi connectivity index (χ1) is 15.6. The molecule has 0 N–H and O–H groups in total. The molecular weight excluding hydrogens is 458 g/mol. The first kappa shape index (κ1) is 25.8. The van der Waals surface area contributed by atoms with E-state index in [-0.39, 0.29) is 16.8 Å². The molecule has 184 valence electrons. The molecule has 0 atom stereocenters. The molecule has 0 saturated carbocycles. The lowest BCUT2D eigenvalue weighted by molar-refractivity contribution is -0.595. The number of imidazole rings is 1. The van der Waals surface area contributed by atoms with Gasteiger partial charge in [-0.25, -0.2) is 9.13 Å². The number of alkyl halides is 6. The Balaban J connectivity index is 2.35. The second-order valence-corrected chi connectivity index (χ2v) is 8.56. The van der Waals surface area contributed by atoms with Crippen LogP contribution >= 0.6 is 0 Å². The summed E-state index contributed by atoms with van der Waals surface area (Å²) in [4.78, 5) is 0. The number of aryl methyl sites for hydroxylation is 5. The van der Waals surface area contributed by atoms with E-state index in [4.69, 9.17) is 0 Å². The van der Waals surface area contributed by atoms with Crippen molar-refractivity contribution < 1.29 is 35.6 Å². The predicted octanol–water partition coefficient (Wildman–Crippen LogP) is 6.65. The Hall–Kier alpha value is -2.81. The van der Waals surface area contributed by atoms with Crippen molar-refractivity contribution in [2.24, 2.45) is 0 Å². The van der Waals surface area contributed by atoms with E-state index in [0.29, 0.717) is 0 Å². The topological polar surface area (TPSA) is 18.0 Å². The van der Waals surface area contributed by atoms with E-state index in [0.717, 1.165) is 35.4 Å². The van der Waals surface area contributed by atoms with Crippen LogP contribution in [0.3, 0.4) is 0 Å². The van der Waals surface area contributed by atoms with E-state index >= 15 is 0 Å². The van der Waals surface area contributed by atoms with Gasteiger partial charge < -0.3 is 4.74 Å². The molecule has 0 bridgehead atoms. The maximum atomic E-state index is 14.3. The molecule has 0 amide bonds. The summed E-state index contributed by atoms with van der Waals surface area (Å²) in [5.74, 6) is 0. The van der Waals surface area contributed by atoms with Gasteiger partial charge in [-0.05, 0) is 64.3 Å². The zero-order valence-corrected chi connectivity index (χ0v) is 19.8. The predicted molar refractivity (Wildman–Crippen MR) is 116 cm³/mol. The fourth-order valence-corrected chi connectivity index (χ4v) is 4.69. The summed E-state index contributed by atoms with van der Waals surface area (Å²) in [6, 6.07) is 6.38. The van der Waals surface area contributed by atoms with Crippen LogP contribution in [0.1, 0.15) is 40.3 Å². The van der Waals surface area contributed by atoms with Crippen LogP contribution in [0.4, 0.5) is 26.3 Å². The fourth-order valence-electron chi connectivity index (χ4n) is 4.69. The molecule has 0 radical (unpaired) electrons. The van der Waals surface area contributed by atoms with Gasteiger partial charge in [-0.2, -0.15) is 26.3 Å². The Morgan fingerprint density at radius 3 is 1.79 bits per heavy atom. The summed E-state index contributed by atoms with van der Waals surface area (Å²) in [6.07, 6.45) is -6.96. The molecule has 34 heavy (non-hydrogen) atoms. The standard InChI is InChI=1S/C25H27F6N2O/c1-7-34-23(24(26,27)28,25(29,30)31)20-13-16(3)12-19(6)22(20)33-9-8-32(14-33)21-17(4)10-15(2)11-18(21)5/h8-14H,7H2,1-6H3/q+1. The fraction of sp³-hybridized carbons (Fsp3) is 0.400. The van der Waals surface area contributed by atoms with E-state index in [1.807, 2.05) is 32.9 Å². The number of rotatable bonds is 5. The van der Waals surface area contributed by atoms with Crippen molar-refractivity contribution in [2.75, 3.05) is 6.61 Å². The lowest BCUT2D eigenvalue weighted by Crippen LogP contribution is -2.56. The van der Waals surface area contributed by atoms with Crippen LogP contribution in [0.25, 0.3) is 11.4 Å². The van der Waals surface area contributed by atoms with Gasteiger partial charge in [-0.15, -0.1) is 0 Å². The maximum Gasteiger partial charge on any atom is 0.431 e. The van der Waals surface area contributed by atoms with Crippen LogP contribution in [-0.2, 0) is 10.3 Å². The zero-order valence-electron chi connectivity index (χ0n) is 19.8. The third-order valence-electron chi connectivity index (χ3n) is 5.77. The van der Waals surface area contributed by atoms with E-state index in [9.17, 15) is 26.3 Å². The first-order valence-corrected chi connectivity index (χ1v) is 10.7. The Labute approximate surface area is 194 Å². The molecule has 9 heteroatoms. The minimum atomic E-state index is -5.75. The summed E-state index contributed by atoms with van der Waals surface area (Å²) < 4.78 is 93.1. The van der Waals surface area contributed by atoms with Crippen LogP contribution < -0.4 is 4.57 Å². The minimum absolute atomic E-state index is 0.227. The average molecular weight is 485 g/mol. The molecule has 0 unspecified atom stereocenters. The number of ether oxygens (including phenoxy) is 1. The van der Waals surface area contributed by atoms with Crippen LogP contribution in [0, 0.1) is 34.6 Å². The summed E-state index contributed by atoms with van der Waals surface area (Å²) in [5, 5.41) is 0. The van der Waals surface area contributed by atoms with Crippen molar-refractivity contribution in [1.82, 2.24) is 4.57 Å². The SMILES string of the molecule is CCOC(c1cc(C)cc(C)c1-n1cc[n+](-c2c(C)cc(C)cc2C)c1)(C(F)(F)F)C(F)(F)F. The maximum absolute atomic E-state index is 14.3. The molecule has 0 spiro atoms. The lowest BCUT2D eigenvalue weighted by Gasteiger charge is -2.38. The summed E-state index contributed by atoms with van der Waals surface area (Å²) in [5.41, 5.74) is -1.48. The van der Waals surface area contributed by atoms with Gasteiger partial charge in [0.05, 0.1) is 5.56 Å². The summed E-state index contributed by atoms with van der Waals surface area (Å²) in [7, 11) is 0. The monoisotopic (exact) mass is 485 g/mol. The normalized spacial score (nSPS) is 12.9. The van der Waals surface area contributed by atoms with Crippen molar-refractivity contribution in [2.45, 2.75) is 59.5 Å². The average Bonchev–Trinajstić information content (AvgIpc) is 3.11. The molecule has 3 aromatic rings. The molecule has 0 aliphatic carbocycles. The molecular formula is C25H27F6N2O+. The van der Waals surface area contributed by atoms with Crippen molar-refractivity contribution in [3.05, 3.63) is 76.4 Å². The van der Waals surface area contributed by atoms with Gasteiger partial charge in [0.15, 0.2) is 0 Å². The quantitative estimate of drug-likeness (QED) is 0.292. The largest absolute Gasteiger partial charge is 0.431 e. The lowest BCUT2D eigenvalue weighted by atomic mass is 9.87. The molecule has 3 rings (SSSR count). The highest BCUT2D eigenvalue weighted by Gasteiger charge is 2.74. The number of halogens is 6. The molecule has 1 aromatic heterocycles. The second kappa shape index (κ2) is 8.76. The van der Waals surface area contributed by atoms with Gasteiger partial charge in [-0.1, -0.05) is 29.3 Å².